The monoisotopic (exact) mass is 418 g/mol. The Balaban J connectivity index is 1.60. The molecule has 5 rings (SSSR count). The Kier molecular flexibility index (Phi) is 4.53. The molecule has 158 valence electrons. The molecule has 0 spiro atoms. The molecule has 0 unspecified atom stereocenters. The van der Waals surface area contributed by atoms with Gasteiger partial charge in [0.15, 0.2) is 0 Å². The zero-order valence-corrected chi connectivity index (χ0v) is 16.1. The maximum absolute atomic E-state index is 13.7. The summed E-state index contributed by atoms with van der Waals surface area (Å²) in [6, 6.07) is 1.91. The standard InChI is InChI=1S/C20H21F3N6O/c21-20(22,23)15-10-26-19(27-11-2-1-6-24-8-11)28-16(15)14-9-25-17-13(14)5-7-29(18(17)30)12-3-4-12/h5,7,9-12,24-25H,1-4,6,8H2,(H,26,27,28)/t11-/m0/s1. The first-order valence-corrected chi connectivity index (χ1v) is 10.1. The maximum atomic E-state index is 13.7. The summed E-state index contributed by atoms with van der Waals surface area (Å²) < 4.78 is 42.7. The number of aromatic amines is 1. The van der Waals surface area contributed by atoms with Crippen molar-refractivity contribution in [1.29, 1.82) is 0 Å². The van der Waals surface area contributed by atoms with Crippen LogP contribution in [0.1, 0.15) is 37.3 Å². The number of fused-ring (bicyclic) bond motifs is 1. The largest absolute Gasteiger partial charge is 0.419 e. The first kappa shape index (κ1) is 19.1. The topological polar surface area (TPSA) is 87.6 Å². The van der Waals surface area contributed by atoms with Gasteiger partial charge in [0.25, 0.3) is 5.56 Å². The fraction of sp³-hybridized carbons (Fsp3) is 0.450. The van der Waals surface area contributed by atoms with Crippen molar-refractivity contribution >= 4 is 16.9 Å². The van der Waals surface area contributed by atoms with Crippen LogP contribution in [0, 0.1) is 0 Å². The second-order valence-electron chi connectivity index (χ2n) is 7.89. The molecule has 3 aromatic rings. The lowest BCUT2D eigenvalue weighted by Crippen LogP contribution is -2.38. The lowest BCUT2D eigenvalue weighted by molar-refractivity contribution is -0.137. The third-order valence-corrected chi connectivity index (χ3v) is 5.69. The van der Waals surface area contributed by atoms with E-state index in [0.717, 1.165) is 38.4 Å². The van der Waals surface area contributed by atoms with Crippen LogP contribution in [0.15, 0.2) is 29.5 Å². The van der Waals surface area contributed by atoms with Gasteiger partial charge in [0.2, 0.25) is 5.95 Å². The Morgan fingerprint density at radius 1 is 1.23 bits per heavy atom. The number of anilines is 1. The summed E-state index contributed by atoms with van der Waals surface area (Å²) in [5, 5.41) is 6.79. The van der Waals surface area contributed by atoms with Gasteiger partial charge in [-0.2, -0.15) is 13.2 Å². The quantitative estimate of drug-likeness (QED) is 0.605. The van der Waals surface area contributed by atoms with Crippen molar-refractivity contribution in [2.75, 3.05) is 18.4 Å². The normalized spacial score (nSPS) is 19.9. The first-order chi connectivity index (χ1) is 14.4. The fourth-order valence-electron chi connectivity index (χ4n) is 3.99. The van der Waals surface area contributed by atoms with Gasteiger partial charge in [0.1, 0.15) is 11.1 Å². The van der Waals surface area contributed by atoms with Gasteiger partial charge in [-0.3, -0.25) is 4.79 Å². The molecular weight excluding hydrogens is 397 g/mol. The summed E-state index contributed by atoms with van der Waals surface area (Å²) in [4.78, 5) is 23.7. The van der Waals surface area contributed by atoms with Gasteiger partial charge in [0, 0.05) is 48.2 Å². The molecule has 0 amide bonds. The molecule has 1 saturated carbocycles. The van der Waals surface area contributed by atoms with Crippen LogP contribution in [-0.4, -0.2) is 38.7 Å². The van der Waals surface area contributed by atoms with Crippen LogP contribution < -0.4 is 16.2 Å². The summed E-state index contributed by atoms with van der Waals surface area (Å²) in [7, 11) is 0. The highest BCUT2D eigenvalue weighted by Gasteiger charge is 2.36. The minimum absolute atomic E-state index is 0.0528. The van der Waals surface area contributed by atoms with Crippen molar-refractivity contribution in [3.05, 3.63) is 40.6 Å². The van der Waals surface area contributed by atoms with Gasteiger partial charge in [0.05, 0.1) is 5.69 Å². The molecule has 1 aliphatic heterocycles. The Morgan fingerprint density at radius 2 is 2.07 bits per heavy atom. The second-order valence-corrected chi connectivity index (χ2v) is 7.89. The molecule has 0 radical (unpaired) electrons. The molecule has 0 bridgehead atoms. The van der Waals surface area contributed by atoms with E-state index in [1.54, 1.807) is 16.8 Å². The number of rotatable bonds is 4. The molecular formula is C20H21F3N6O. The van der Waals surface area contributed by atoms with Crippen LogP contribution in [0.5, 0.6) is 0 Å². The predicted molar refractivity (Wildman–Crippen MR) is 106 cm³/mol. The predicted octanol–water partition coefficient (Wildman–Crippen LogP) is 3.30. The first-order valence-electron chi connectivity index (χ1n) is 10.1. The zero-order chi connectivity index (χ0) is 20.9. The third kappa shape index (κ3) is 3.45. The number of H-pyrrole nitrogens is 1. The molecule has 4 heterocycles. The van der Waals surface area contributed by atoms with Crippen molar-refractivity contribution in [3.8, 4) is 11.3 Å². The van der Waals surface area contributed by atoms with Crippen LogP contribution in [-0.2, 0) is 6.18 Å². The number of aromatic nitrogens is 4. The van der Waals surface area contributed by atoms with E-state index in [1.807, 2.05) is 0 Å². The second kappa shape index (κ2) is 7.12. The van der Waals surface area contributed by atoms with Crippen LogP contribution in [0.3, 0.4) is 0 Å². The van der Waals surface area contributed by atoms with E-state index in [-0.39, 0.29) is 40.4 Å². The third-order valence-electron chi connectivity index (χ3n) is 5.69. The molecule has 10 heteroatoms. The summed E-state index contributed by atoms with van der Waals surface area (Å²) in [6.45, 7) is 1.62. The Morgan fingerprint density at radius 3 is 2.77 bits per heavy atom. The highest BCUT2D eigenvalue weighted by Crippen LogP contribution is 2.39. The molecule has 2 aliphatic rings. The van der Waals surface area contributed by atoms with Crippen molar-refractivity contribution in [1.82, 2.24) is 24.8 Å². The van der Waals surface area contributed by atoms with Crippen molar-refractivity contribution in [2.24, 2.45) is 0 Å². The number of hydrogen-bond donors (Lipinski definition) is 3. The highest BCUT2D eigenvalue weighted by molar-refractivity contribution is 5.95. The van der Waals surface area contributed by atoms with Gasteiger partial charge in [-0.25, -0.2) is 9.97 Å². The van der Waals surface area contributed by atoms with Crippen molar-refractivity contribution in [2.45, 2.75) is 43.9 Å². The lowest BCUT2D eigenvalue weighted by atomic mass is 10.1. The fourth-order valence-corrected chi connectivity index (χ4v) is 3.99. The summed E-state index contributed by atoms with van der Waals surface area (Å²) in [6.07, 6.45) is 3.01. The minimum atomic E-state index is -4.62. The maximum Gasteiger partial charge on any atom is 0.419 e. The Labute approximate surface area is 169 Å². The average Bonchev–Trinajstić information content (AvgIpc) is 3.46. The molecule has 3 N–H and O–H groups in total. The molecule has 1 atom stereocenters. The van der Waals surface area contributed by atoms with E-state index in [1.165, 1.54) is 6.20 Å². The minimum Gasteiger partial charge on any atom is -0.356 e. The van der Waals surface area contributed by atoms with E-state index in [0.29, 0.717) is 11.9 Å². The SMILES string of the molecule is O=c1c2[nH]cc(-c3nc(N[C@H]4CCCNC4)ncc3C(F)(F)F)c2ccn1C1CC1. The zero-order valence-electron chi connectivity index (χ0n) is 16.1. The van der Waals surface area contributed by atoms with E-state index >= 15 is 0 Å². The average molecular weight is 418 g/mol. The number of pyridine rings is 1. The van der Waals surface area contributed by atoms with Gasteiger partial charge < -0.3 is 20.2 Å². The Hall–Kier alpha value is -2.88. The molecule has 0 aromatic carbocycles. The van der Waals surface area contributed by atoms with Gasteiger partial charge in [-0.1, -0.05) is 0 Å². The van der Waals surface area contributed by atoms with Crippen LogP contribution >= 0.6 is 0 Å². The van der Waals surface area contributed by atoms with Crippen LogP contribution in [0.25, 0.3) is 22.2 Å². The lowest BCUT2D eigenvalue weighted by Gasteiger charge is -2.24. The van der Waals surface area contributed by atoms with Gasteiger partial charge in [-0.05, 0) is 38.3 Å². The molecule has 2 fully saturated rings. The molecule has 7 nitrogen and oxygen atoms in total. The number of hydrogen-bond acceptors (Lipinski definition) is 5. The van der Waals surface area contributed by atoms with Crippen LogP contribution in [0.4, 0.5) is 19.1 Å². The smallest absolute Gasteiger partial charge is 0.356 e. The highest BCUT2D eigenvalue weighted by atomic mass is 19.4. The summed E-state index contributed by atoms with van der Waals surface area (Å²) in [5.41, 5.74) is -0.863. The van der Waals surface area contributed by atoms with E-state index in [2.05, 4.69) is 25.6 Å². The Bertz CT molecular complexity index is 1140. The number of nitrogens with zero attached hydrogens (tertiary/aromatic N) is 3. The van der Waals surface area contributed by atoms with Crippen LogP contribution in [0.2, 0.25) is 0 Å². The molecule has 30 heavy (non-hydrogen) atoms. The number of nitrogens with one attached hydrogen (secondary N) is 3. The molecule has 1 saturated heterocycles. The van der Waals surface area contributed by atoms with E-state index in [4.69, 9.17) is 0 Å². The van der Waals surface area contributed by atoms with E-state index in [9.17, 15) is 18.0 Å². The molecule has 3 aromatic heterocycles. The van der Waals surface area contributed by atoms with Crippen molar-refractivity contribution in [3.63, 3.8) is 0 Å². The summed E-state index contributed by atoms with van der Waals surface area (Å²) >= 11 is 0. The number of piperidine rings is 1. The van der Waals surface area contributed by atoms with Gasteiger partial charge >= 0.3 is 6.18 Å². The van der Waals surface area contributed by atoms with Gasteiger partial charge in [-0.15, -0.1) is 0 Å². The van der Waals surface area contributed by atoms with E-state index < -0.39 is 11.7 Å². The number of halogens is 3. The number of alkyl halides is 3. The molecule has 1 aliphatic carbocycles. The van der Waals surface area contributed by atoms with Crippen molar-refractivity contribution < 1.29 is 13.2 Å². The summed E-state index contributed by atoms with van der Waals surface area (Å²) in [5.74, 6) is 0.146.